The first-order chi connectivity index (χ1) is 6.03. The summed E-state index contributed by atoms with van der Waals surface area (Å²) in [4.78, 5) is 0. The molecule has 0 aliphatic rings. The first-order valence-corrected chi connectivity index (χ1v) is 4.74. The number of hydrogen-bond donors (Lipinski definition) is 1. The SMILES string of the molecule is CCCC(C)(O)Cc1ccn(C)n1. The van der Waals surface area contributed by atoms with Gasteiger partial charge in [0.25, 0.3) is 0 Å². The molecular formula is C10H18N2O. The lowest BCUT2D eigenvalue weighted by atomic mass is 9.95. The molecule has 0 spiro atoms. The molecule has 1 unspecified atom stereocenters. The van der Waals surface area contributed by atoms with Gasteiger partial charge in [-0.2, -0.15) is 5.10 Å². The quantitative estimate of drug-likeness (QED) is 0.766. The standard InChI is InChI=1S/C10H18N2O/c1-4-6-10(2,13)8-9-5-7-12(3)11-9/h5,7,13H,4,6,8H2,1-3H3. The lowest BCUT2D eigenvalue weighted by Gasteiger charge is -2.21. The summed E-state index contributed by atoms with van der Waals surface area (Å²) >= 11 is 0. The highest BCUT2D eigenvalue weighted by molar-refractivity contribution is 5.02. The smallest absolute Gasteiger partial charge is 0.0675 e. The minimum atomic E-state index is -0.608. The van der Waals surface area contributed by atoms with Crippen LogP contribution in [-0.4, -0.2) is 20.5 Å². The molecular weight excluding hydrogens is 164 g/mol. The van der Waals surface area contributed by atoms with Gasteiger partial charge in [-0.1, -0.05) is 13.3 Å². The molecule has 1 aromatic heterocycles. The fourth-order valence-corrected chi connectivity index (χ4v) is 1.57. The average molecular weight is 182 g/mol. The third kappa shape index (κ3) is 3.19. The molecule has 0 amide bonds. The van der Waals surface area contributed by atoms with Gasteiger partial charge in [-0.3, -0.25) is 4.68 Å². The zero-order valence-electron chi connectivity index (χ0n) is 8.62. The van der Waals surface area contributed by atoms with Crippen LogP contribution in [0.2, 0.25) is 0 Å². The summed E-state index contributed by atoms with van der Waals surface area (Å²) in [6, 6.07) is 1.95. The number of nitrogens with zero attached hydrogens (tertiary/aromatic N) is 2. The highest BCUT2D eigenvalue weighted by atomic mass is 16.3. The summed E-state index contributed by atoms with van der Waals surface area (Å²) in [5.41, 5.74) is 0.351. The van der Waals surface area contributed by atoms with Crippen LogP contribution in [0.5, 0.6) is 0 Å². The van der Waals surface area contributed by atoms with Crippen LogP contribution >= 0.6 is 0 Å². The van der Waals surface area contributed by atoms with Crippen LogP contribution in [0.25, 0.3) is 0 Å². The van der Waals surface area contributed by atoms with Crippen molar-refractivity contribution >= 4 is 0 Å². The largest absolute Gasteiger partial charge is 0.390 e. The second-order valence-electron chi connectivity index (χ2n) is 3.90. The Morgan fingerprint density at radius 1 is 1.62 bits per heavy atom. The molecule has 1 aromatic rings. The van der Waals surface area contributed by atoms with Gasteiger partial charge in [-0.05, 0) is 19.4 Å². The molecule has 1 rings (SSSR count). The van der Waals surface area contributed by atoms with Crippen molar-refractivity contribution in [2.45, 2.75) is 38.7 Å². The van der Waals surface area contributed by atoms with E-state index in [4.69, 9.17) is 0 Å². The highest BCUT2D eigenvalue weighted by Crippen LogP contribution is 2.16. The minimum Gasteiger partial charge on any atom is -0.390 e. The Hall–Kier alpha value is -0.830. The van der Waals surface area contributed by atoms with Crippen molar-refractivity contribution in [2.24, 2.45) is 7.05 Å². The summed E-state index contributed by atoms with van der Waals surface area (Å²) in [5.74, 6) is 0. The van der Waals surface area contributed by atoms with Crippen LogP contribution in [-0.2, 0) is 13.5 Å². The molecule has 0 fully saturated rings. The highest BCUT2D eigenvalue weighted by Gasteiger charge is 2.20. The Morgan fingerprint density at radius 2 is 2.31 bits per heavy atom. The number of aromatic nitrogens is 2. The summed E-state index contributed by atoms with van der Waals surface area (Å²) in [6.07, 6.45) is 4.36. The van der Waals surface area contributed by atoms with E-state index in [1.165, 1.54) is 0 Å². The van der Waals surface area contributed by atoms with E-state index in [1.807, 2.05) is 26.2 Å². The number of rotatable bonds is 4. The van der Waals surface area contributed by atoms with E-state index in [0.29, 0.717) is 6.42 Å². The van der Waals surface area contributed by atoms with E-state index >= 15 is 0 Å². The Labute approximate surface area is 79.4 Å². The fraction of sp³-hybridized carbons (Fsp3) is 0.700. The molecule has 13 heavy (non-hydrogen) atoms. The van der Waals surface area contributed by atoms with Gasteiger partial charge in [-0.15, -0.1) is 0 Å². The van der Waals surface area contributed by atoms with Gasteiger partial charge < -0.3 is 5.11 Å². The summed E-state index contributed by atoms with van der Waals surface area (Å²) in [5, 5.41) is 14.2. The van der Waals surface area contributed by atoms with Gasteiger partial charge >= 0.3 is 0 Å². The van der Waals surface area contributed by atoms with E-state index < -0.39 is 5.60 Å². The van der Waals surface area contributed by atoms with E-state index in [1.54, 1.807) is 4.68 Å². The van der Waals surface area contributed by atoms with Crippen molar-refractivity contribution in [3.63, 3.8) is 0 Å². The Morgan fingerprint density at radius 3 is 2.77 bits per heavy atom. The molecule has 1 N–H and O–H groups in total. The van der Waals surface area contributed by atoms with Crippen LogP contribution < -0.4 is 0 Å². The molecule has 1 heterocycles. The van der Waals surface area contributed by atoms with Crippen molar-refractivity contribution in [1.29, 1.82) is 0 Å². The maximum atomic E-state index is 9.93. The Kier molecular flexibility index (Phi) is 3.09. The molecule has 0 bridgehead atoms. The van der Waals surface area contributed by atoms with Gasteiger partial charge in [0.2, 0.25) is 0 Å². The van der Waals surface area contributed by atoms with Crippen molar-refractivity contribution in [3.05, 3.63) is 18.0 Å². The molecule has 0 saturated heterocycles. The molecule has 0 aromatic carbocycles. The van der Waals surface area contributed by atoms with E-state index in [0.717, 1.165) is 18.5 Å². The lowest BCUT2D eigenvalue weighted by molar-refractivity contribution is 0.0495. The van der Waals surface area contributed by atoms with Crippen molar-refractivity contribution < 1.29 is 5.11 Å². The Balaban J connectivity index is 2.57. The molecule has 74 valence electrons. The monoisotopic (exact) mass is 182 g/mol. The summed E-state index contributed by atoms with van der Waals surface area (Å²) in [7, 11) is 1.89. The lowest BCUT2D eigenvalue weighted by Crippen LogP contribution is -2.27. The number of aryl methyl sites for hydroxylation is 1. The first-order valence-electron chi connectivity index (χ1n) is 4.74. The molecule has 0 saturated carbocycles. The van der Waals surface area contributed by atoms with Crippen LogP contribution in [0.1, 0.15) is 32.4 Å². The predicted octanol–water partition coefficient (Wildman–Crippen LogP) is 1.51. The zero-order valence-corrected chi connectivity index (χ0v) is 8.62. The summed E-state index contributed by atoms with van der Waals surface area (Å²) in [6.45, 7) is 3.94. The minimum absolute atomic E-state index is 0.608. The summed E-state index contributed by atoms with van der Waals surface area (Å²) < 4.78 is 1.76. The zero-order chi connectivity index (χ0) is 9.90. The van der Waals surface area contributed by atoms with E-state index in [-0.39, 0.29) is 0 Å². The Bertz CT molecular complexity index is 266. The van der Waals surface area contributed by atoms with Gasteiger partial charge in [0.05, 0.1) is 11.3 Å². The van der Waals surface area contributed by atoms with Crippen LogP contribution in [0.15, 0.2) is 12.3 Å². The van der Waals surface area contributed by atoms with Crippen LogP contribution in [0.3, 0.4) is 0 Å². The normalized spacial score (nSPS) is 15.7. The second-order valence-corrected chi connectivity index (χ2v) is 3.90. The van der Waals surface area contributed by atoms with Gasteiger partial charge in [0.1, 0.15) is 0 Å². The molecule has 0 radical (unpaired) electrons. The molecule has 0 aliphatic carbocycles. The molecule has 3 heteroatoms. The third-order valence-corrected chi connectivity index (χ3v) is 2.12. The maximum Gasteiger partial charge on any atom is 0.0675 e. The van der Waals surface area contributed by atoms with Gasteiger partial charge in [-0.25, -0.2) is 0 Å². The molecule has 3 nitrogen and oxygen atoms in total. The molecule has 1 atom stereocenters. The van der Waals surface area contributed by atoms with E-state index in [2.05, 4.69) is 12.0 Å². The topological polar surface area (TPSA) is 38.0 Å². The molecule has 0 aliphatic heterocycles. The van der Waals surface area contributed by atoms with Gasteiger partial charge in [0, 0.05) is 19.7 Å². The van der Waals surface area contributed by atoms with Crippen molar-refractivity contribution in [2.75, 3.05) is 0 Å². The number of aliphatic hydroxyl groups is 1. The van der Waals surface area contributed by atoms with Gasteiger partial charge in [0.15, 0.2) is 0 Å². The van der Waals surface area contributed by atoms with Crippen LogP contribution in [0.4, 0.5) is 0 Å². The first kappa shape index (κ1) is 10.3. The second kappa shape index (κ2) is 3.92. The van der Waals surface area contributed by atoms with E-state index in [9.17, 15) is 5.11 Å². The van der Waals surface area contributed by atoms with Crippen LogP contribution in [0, 0.1) is 0 Å². The van der Waals surface area contributed by atoms with Crippen molar-refractivity contribution in [1.82, 2.24) is 9.78 Å². The average Bonchev–Trinajstić information content (AvgIpc) is 2.34. The predicted molar refractivity (Wildman–Crippen MR) is 52.4 cm³/mol. The fourth-order valence-electron chi connectivity index (χ4n) is 1.57. The number of hydrogen-bond acceptors (Lipinski definition) is 2. The maximum absolute atomic E-state index is 9.93. The third-order valence-electron chi connectivity index (χ3n) is 2.12. The van der Waals surface area contributed by atoms with Crippen molar-refractivity contribution in [3.8, 4) is 0 Å².